The van der Waals surface area contributed by atoms with Crippen molar-refractivity contribution in [3.63, 3.8) is 0 Å². The maximum absolute atomic E-state index is 3.69. The van der Waals surface area contributed by atoms with E-state index in [0.717, 1.165) is 12.0 Å². The summed E-state index contributed by atoms with van der Waals surface area (Å²) in [5.74, 6) is 1.02. The molecule has 106 valence electrons. The monoisotopic (exact) mass is 252 g/mol. The summed E-state index contributed by atoms with van der Waals surface area (Å²) in [4.78, 5) is 2.66. The minimum absolute atomic E-state index is 0.733. The van der Waals surface area contributed by atoms with Crippen LogP contribution in [0.25, 0.3) is 0 Å². The molecule has 0 spiro atoms. The number of hydrogen-bond acceptors (Lipinski definition) is 2. The summed E-state index contributed by atoms with van der Waals surface area (Å²) in [7, 11) is 0. The number of likely N-dealkylation sites (tertiary alicyclic amines) is 1. The fourth-order valence-electron chi connectivity index (χ4n) is 3.58. The lowest BCUT2D eigenvalue weighted by Crippen LogP contribution is -2.43. The maximum atomic E-state index is 3.69. The predicted molar refractivity (Wildman–Crippen MR) is 78.9 cm³/mol. The highest BCUT2D eigenvalue weighted by molar-refractivity contribution is 4.74. The van der Waals surface area contributed by atoms with E-state index in [0.29, 0.717) is 0 Å². The minimum atomic E-state index is 0.733. The van der Waals surface area contributed by atoms with Gasteiger partial charge in [0, 0.05) is 12.6 Å². The lowest BCUT2D eigenvalue weighted by Gasteiger charge is -2.32. The molecule has 1 N–H and O–H groups in total. The summed E-state index contributed by atoms with van der Waals surface area (Å²) >= 11 is 0. The summed E-state index contributed by atoms with van der Waals surface area (Å²) in [6.45, 7) is 7.46. The van der Waals surface area contributed by atoms with E-state index in [-0.39, 0.29) is 0 Å². The van der Waals surface area contributed by atoms with Crippen LogP contribution in [0, 0.1) is 5.92 Å². The van der Waals surface area contributed by atoms with E-state index in [4.69, 9.17) is 0 Å². The second kappa shape index (κ2) is 8.16. The molecule has 1 aliphatic heterocycles. The van der Waals surface area contributed by atoms with Crippen molar-refractivity contribution in [2.24, 2.45) is 5.92 Å². The van der Waals surface area contributed by atoms with Gasteiger partial charge in [-0.15, -0.1) is 0 Å². The van der Waals surface area contributed by atoms with Gasteiger partial charge >= 0.3 is 0 Å². The van der Waals surface area contributed by atoms with Crippen LogP contribution in [0.15, 0.2) is 0 Å². The molecular weight excluding hydrogens is 220 g/mol. The second-order valence-electron chi connectivity index (χ2n) is 6.44. The molecule has 2 fully saturated rings. The fraction of sp³-hybridized carbons (Fsp3) is 1.00. The van der Waals surface area contributed by atoms with Crippen LogP contribution >= 0.6 is 0 Å². The summed E-state index contributed by atoms with van der Waals surface area (Å²) in [6, 6.07) is 0.733. The summed E-state index contributed by atoms with van der Waals surface area (Å²) in [5.41, 5.74) is 0. The van der Waals surface area contributed by atoms with Gasteiger partial charge in [-0.05, 0) is 51.7 Å². The average Bonchev–Trinajstić information content (AvgIpc) is 2.45. The topological polar surface area (TPSA) is 15.3 Å². The molecule has 2 heteroatoms. The van der Waals surface area contributed by atoms with Crippen molar-refractivity contribution in [1.82, 2.24) is 10.2 Å². The van der Waals surface area contributed by atoms with Crippen LogP contribution in [0.2, 0.25) is 0 Å². The molecule has 1 heterocycles. The Morgan fingerprint density at radius 1 is 1.00 bits per heavy atom. The lowest BCUT2D eigenvalue weighted by molar-refractivity contribution is 0.170. The largest absolute Gasteiger partial charge is 0.315 e. The standard InChI is InChI=1S/C16H32N2/c1-15(18-12-6-3-7-13-18)14-17-11-10-16-8-4-2-5-9-16/h15-17H,2-14H2,1H3. The number of rotatable bonds is 6. The van der Waals surface area contributed by atoms with Gasteiger partial charge in [-0.3, -0.25) is 4.90 Å². The molecule has 1 atom stereocenters. The molecule has 0 amide bonds. The highest BCUT2D eigenvalue weighted by atomic mass is 15.2. The molecule has 2 nitrogen and oxygen atoms in total. The van der Waals surface area contributed by atoms with Crippen molar-refractivity contribution < 1.29 is 0 Å². The van der Waals surface area contributed by atoms with Crippen LogP contribution in [0.3, 0.4) is 0 Å². The Balaban J connectivity index is 1.51. The Hall–Kier alpha value is -0.0800. The summed E-state index contributed by atoms with van der Waals surface area (Å²) in [5, 5.41) is 3.69. The molecule has 1 saturated heterocycles. The van der Waals surface area contributed by atoms with E-state index in [2.05, 4.69) is 17.1 Å². The van der Waals surface area contributed by atoms with E-state index >= 15 is 0 Å². The van der Waals surface area contributed by atoms with Crippen molar-refractivity contribution in [3.8, 4) is 0 Å². The Labute approximate surface area is 114 Å². The SMILES string of the molecule is CC(CNCCC1CCCCC1)N1CCCCC1. The van der Waals surface area contributed by atoms with Gasteiger partial charge in [0.1, 0.15) is 0 Å². The second-order valence-corrected chi connectivity index (χ2v) is 6.44. The summed E-state index contributed by atoms with van der Waals surface area (Å²) < 4.78 is 0. The first-order valence-corrected chi connectivity index (χ1v) is 8.31. The van der Waals surface area contributed by atoms with E-state index in [9.17, 15) is 0 Å². The van der Waals surface area contributed by atoms with E-state index in [1.165, 1.54) is 84.0 Å². The molecule has 0 radical (unpaired) electrons. The number of nitrogens with one attached hydrogen (secondary N) is 1. The van der Waals surface area contributed by atoms with Crippen LogP contribution in [0.4, 0.5) is 0 Å². The van der Waals surface area contributed by atoms with Gasteiger partial charge < -0.3 is 5.32 Å². The van der Waals surface area contributed by atoms with Crippen LogP contribution in [-0.4, -0.2) is 37.1 Å². The lowest BCUT2D eigenvalue weighted by atomic mass is 9.87. The number of nitrogens with zero attached hydrogens (tertiary/aromatic N) is 1. The minimum Gasteiger partial charge on any atom is -0.315 e. The number of piperidine rings is 1. The van der Waals surface area contributed by atoms with E-state index in [1.807, 2.05) is 0 Å². The van der Waals surface area contributed by atoms with Crippen LogP contribution in [-0.2, 0) is 0 Å². The number of hydrogen-bond donors (Lipinski definition) is 1. The third-order valence-electron chi connectivity index (χ3n) is 4.91. The van der Waals surface area contributed by atoms with Gasteiger partial charge in [0.05, 0.1) is 0 Å². The van der Waals surface area contributed by atoms with Crippen molar-refractivity contribution in [1.29, 1.82) is 0 Å². The van der Waals surface area contributed by atoms with Crippen molar-refractivity contribution >= 4 is 0 Å². The summed E-state index contributed by atoms with van der Waals surface area (Å²) in [6.07, 6.45) is 13.1. The molecule has 1 saturated carbocycles. The average molecular weight is 252 g/mol. The Morgan fingerprint density at radius 3 is 2.39 bits per heavy atom. The Bertz CT molecular complexity index is 205. The molecule has 0 aromatic heterocycles. The molecule has 0 aromatic rings. The van der Waals surface area contributed by atoms with Crippen molar-refractivity contribution in [2.75, 3.05) is 26.2 Å². The molecule has 2 aliphatic rings. The van der Waals surface area contributed by atoms with Gasteiger partial charge in [0.15, 0.2) is 0 Å². The van der Waals surface area contributed by atoms with Crippen LogP contribution in [0.5, 0.6) is 0 Å². The maximum Gasteiger partial charge on any atom is 0.0192 e. The molecule has 1 aliphatic carbocycles. The molecule has 1 unspecified atom stereocenters. The first-order chi connectivity index (χ1) is 8.86. The Kier molecular flexibility index (Phi) is 6.50. The smallest absolute Gasteiger partial charge is 0.0192 e. The molecule has 0 aromatic carbocycles. The highest BCUT2D eigenvalue weighted by Gasteiger charge is 2.16. The first-order valence-electron chi connectivity index (χ1n) is 8.31. The van der Waals surface area contributed by atoms with Crippen LogP contribution in [0.1, 0.15) is 64.7 Å². The zero-order valence-corrected chi connectivity index (χ0v) is 12.3. The normalized spacial score (nSPS) is 25.2. The van der Waals surface area contributed by atoms with Gasteiger partial charge in [0.25, 0.3) is 0 Å². The zero-order valence-electron chi connectivity index (χ0n) is 12.3. The quantitative estimate of drug-likeness (QED) is 0.729. The van der Waals surface area contributed by atoms with E-state index in [1.54, 1.807) is 0 Å². The van der Waals surface area contributed by atoms with Crippen molar-refractivity contribution in [2.45, 2.75) is 70.8 Å². The first kappa shape index (κ1) is 14.3. The fourth-order valence-corrected chi connectivity index (χ4v) is 3.58. The predicted octanol–water partition coefficient (Wildman–Crippen LogP) is 3.42. The zero-order chi connectivity index (χ0) is 12.6. The molecular formula is C16H32N2. The highest BCUT2D eigenvalue weighted by Crippen LogP contribution is 2.25. The van der Waals surface area contributed by atoms with Gasteiger partial charge in [0.2, 0.25) is 0 Å². The van der Waals surface area contributed by atoms with Crippen molar-refractivity contribution in [3.05, 3.63) is 0 Å². The van der Waals surface area contributed by atoms with Crippen LogP contribution < -0.4 is 5.32 Å². The third-order valence-corrected chi connectivity index (χ3v) is 4.91. The van der Waals surface area contributed by atoms with Gasteiger partial charge in [-0.1, -0.05) is 38.5 Å². The molecule has 18 heavy (non-hydrogen) atoms. The molecule has 2 rings (SSSR count). The van der Waals surface area contributed by atoms with Gasteiger partial charge in [-0.25, -0.2) is 0 Å². The van der Waals surface area contributed by atoms with Gasteiger partial charge in [-0.2, -0.15) is 0 Å². The van der Waals surface area contributed by atoms with E-state index < -0.39 is 0 Å². The molecule has 0 bridgehead atoms. The third kappa shape index (κ3) is 4.89. The Morgan fingerprint density at radius 2 is 1.67 bits per heavy atom.